The van der Waals surface area contributed by atoms with Crippen molar-refractivity contribution >= 4 is 0 Å². The fourth-order valence-electron chi connectivity index (χ4n) is 4.58. The van der Waals surface area contributed by atoms with E-state index in [1.807, 2.05) is 0 Å². The lowest BCUT2D eigenvalue weighted by Gasteiger charge is -2.54. The molecule has 4 atom stereocenters. The van der Waals surface area contributed by atoms with E-state index < -0.39 is 0 Å². The van der Waals surface area contributed by atoms with Crippen LogP contribution in [0.1, 0.15) is 60.8 Å². The molecule has 0 amide bonds. The molecule has 3 rings (SSSR count). The maximum atomic E-state index is 2.52. The van der Waals surface area contributed by atoms with Crippen LogP contribution < -0.4 is 0 Å². The molecule has 3 aliphatic carbocycles. The first-order valence-electron chi connectivity index (χ1n) is 6.74. The van der Waals surface area contributed by atoms with Gasteiger partial charge in [-0.1, -0.05) is 41.5 Å². The minimum atomic E-state index is 0.507. The van der Waals surface area contributed by atoms with Crippen LogP contribution in [0.5, 0.6) is 0 Å². The van der Waals surface area contributed by atoms with Crippen LogP contribution >= 0.6 is 0 Å². The number of hydrogen-bond acceptors (Lipinski definition) is 0. The molecule has 3 saturated carbocycles. The van der Waals surface area contributed by atoms with Gasteiger partial charge in [0.2, 0.25) is 0 Å². The third-order valence-corrected chi connectivity index (χ3v) is 5.75. The lowest BCUT2D eigenvalue weighted by molar-refractivity contribution is -0.0537. The van der Waals surface area contributed by atoms with E-state index in [4.69, 9.17) is 0 Å². The second kappa shape index (κ2) is 3.25. The molecule has 0 aliphatic heterocycles. The van der Waals surface area contributed by atoms with Gasteiger partial charge in [-0.25, -0.2) is 0 Å². The third kappa shape index (κ3) is 1.65. The minimum Gasteiger partial charge on any atom is -0.0619 e. The summed E-state index contributed by atoms with van der Waals surface area (Å²) >= 11 is 0. The van der Waals surface area contributed by atoms with Crippen molar-refractivity contribution < 1.29 is 0 Å². The SMILES string of the molecule is CC1C(C(C)(C)C)CCC2CC1C2(C)C. The number of hydrogen-bond donors (Lipinski definition) is 0. The van der Waals surface area contributed by atoms with Gasteiger partial charge >= 0.3 is 0 Å². The average molecular weight is 208 g/mol. The van der Waals surface area contributed by atoms with Crippen LogP contribution in [-0.4, -0.2) is 0 Å². The van der Waals surface area contributed by atoms with E-state index in [9.17, 15) is 0 Å². The van der Waals surface area contributed by atoms with Crippen molar-refractivity contribution in [2.45, 2.75) is 60.8 Å². The first kappa shape index (κ1) is 11.5. The van der Waals surface area contributed by atoms with Crippen molar-refractivity contribution in [3.63, 3.8) is 0 Å². The molecule has 0 N–H and O–H groups in total. The summed E-state index contributed by atoms with van der Waals surface area (Å²) in [7, 11) is 0. The molecule has 0 aromatic carbocycles. The van der Waals surface area contributed by atoms with E-state index >= 15 is 0 Å². The zero-order chi connectivity index (χ0) is 11.4. The molecule has 3 aliphatic rings. The van der Waals surface area contributed by atoms with Crippen molar-refractivity contribution in [2.24, 2.45) is 34.5 Å². The Hall–Kier alpha value is 0. The van der Waals surface area contributed by atoms with Gasteiger partial charge in [-0.3, -0.25) is 0 Å². The second-order valence-electron chi connectivity index (χ2n) is 7.77. The molecule has 2 bridgehead atoms. The maximum absolute atomic E-state index is 2.52. The normalized spacial score (nSPS) is 44.4. The monoisotopic (exact) mass is 208 g/mol. The fourth-order valence-corrected chi connectivity index (χ4v) is 4.58. The van der Waals surface area contributed by atoms with Gasteiger partial charge in [0.05, 0.1) is 0 Å². The Bertz CT molecular complexity index is 243. The smallest absolute Gasteiger partial charge is 0.0295 e. The Balaban J connectivity index is 2.20. The van der Waals surface area contributed by atoms with Crippen LogP contribution in [0.25, 0.3) is 0 Å². The van der Waals surface area contributed by atoms with E-state index in [1.165, 1.54) is 19.3 Å². The molecule has 0 nitrogen and oxygen atoms in total. The second-order valence-corrected chi connectivity index (χ2v) is 7.77. The third-order valence-electron chi connectivity index (χ3n) is 5.75. The summed E-state index contributed by atoms with van der Waals surface area (Å²) in [5, 5.41) is 0. The highest BCUT2D eigenvalue weighted by molar-refractivity contribution is 5.03. The van der Waals surface area contributed by atoms with Gasteiger partial charge in [0, 0.05) is 0 Å². The van der Waals surface area contributed by atoms with Crippen molar-refractivity contribution in [3.05, 3.63) is 0 Å². The average Bonchev–Trinajstić information content (AvgIpc) is 2.28. The van der Waals surface area contributed by atoms with E-state index in [0.29, 0.717) is 10.8 Å². The van der Waals surface area contributed by atoms with Crippen LogP contribution in [0.15, 0.2) is 0 Å². The summed E-state index contributed by atoms with van der Waals surface area (Å²) in [5.41, 5.74) is 1.15. The van der Waals surface area contributed by atoms with Gasteiger partial charge in [-0.05, 0) is 53.8 Å². The lowest BCUT2D eigenvalue weighted by Crippen LogP contribution is -2.47. The van der Waals surface area contributed by atoms with Crippen molar-refractivity contribution in [2.75, 3.05) is 0 Å². The maximum Gasteiger partial charge on any atom is -0.0295 e. The molecular weight excluding hydrogens is 180 g/mol. The zero-order valence-electron chi connectivity index (χ0n) is 11.4. The van der Waals surface area contributed by atoms with Gasteiger partial charge in [0.15, 0.2) is 0 Å². The summed E-state index contributed by atoms with van der Waals surface area (Å²) in [6.45, 7) is 14.8. The van der Waals surface area contributed by atoms with Crippen LogP contribution in [0.3, 0.4) is 0 Å². The first-order chi connectivity index (χ1) is 6.74. The Morgan fingerprint density at radius 3 is 2.13 bits per heavy atom. The van der Waals surface area contributed by atoms with Gasteiger partial charge in [-0.15, -0.1) is 0 Å². The highest BCUT2D eigenvalue weighted by atomic mass is 14.6. The Labute approximate surface area is 95.8 Å². The zero-order valence-corrected chi connectivity index (χ0v) is 11.4. The summed E-state index contributed by atoms with van der Waals surface area (Å²) in [6.07, 6.45) is 4.46. The molecule has 0 radical (unpaired) electrons. The first-order valence-corrected chi connectivity index (χ1v) is 6.74. The predicted molar refractivity (Wildman–Crippen MR) is 66.7 cm³/mol. The van der Waals surface area contributed by atoms with Gasteiger partial charge in [0.25, 0.3) is 0 Å². The highest BCUT2D eigenvalue weighted by Crippen LogP contribution is 2.62. The molecule has 15 heavy (non-hydrogen) atoms. The van der Waals surface area contributed by atoms with E-state index in [2.05, 4.69) is 41.5 Å². The molecule has 0 aromatic heterocycles. The van der Waals surface area contributed by atoms with E-state index in [-0.39, 0.29) is 0 Å². The molecule has 0 spiro atoms. The number of rotatable bonds is 0. The van der Waals surface area contributed by atoms with Crippen molar-refractivity contribution in [1.29, 1.82) is 0 Å². The van der Waals surface area contributed by atoms with Crippen molar-refractivity contribution in [3.8, 4) is 0 Å². The molecule has 4 unspecified atom stereocenters. The number of fused-ring (bicyclic) bond motifs is 3. The van der Waals surface area contributed by atoms with Gasteiger partial charge in [-0.2, -0.15) is 0 Å². The van der Waals surface area contributed by atoms with E-state index in [0.717, 1.165) is 23.7 Å². The van der Waals surface area contributed by atoms with E-state index in [1.54, 1.807) is 0 Å². The Morgan fingerprint density at radius 1 is 1.07 bits per heavy atom. The topological polar surface area (TPSA) is 0 Å². The quantitative estimate of drug-likeness (QED) is 0.539. The van der Waals surface area contributed by atoms with Gasteiger partial charge < -0.3 is 0 Å². The fraction of sp³-hybridized carbons (Fsp3) is 1.00. The summed E-state index contributed by atoms with van der Waals surface area (Å²) in [5.74, 6) is 3.89. The Morgan fingerprint density at radius 2 is 1.67 bits per heavy atom. The highest BCUT2D eigenvalue weighted by Gasteiger charge is 2.54. The molecule has 0 heteroatoms. The van der Waals surface area contributed by atoms with Gasteiger partial charge in [0.1, 0.15) is 0 Å². The molecular formula is C15H28. The van der Waals surface area contributed by atoms with Crippen LogP contribution in [0, 0.1) is 34.5 Å². The largest absolute Gasteiger partial charge is 0.0619 e. The lowest BCUT2D eigenvalue weighted by atomic mass is 9.51. The van der Waals surface area contributed by atoms with Crippen molar-refractivity contribution in [1.82, 2.24) is 0 Å². The van der Waals surface area contributed by atoms with Crippen LogP contribution in [0.4, 0.5) is 0 Å². The summed E-state index contributed by atoms with van der Waals surface area (Å²) in [4.78, 5) is 0. The molecule has 0 saturated heterocycles. The molecule has 3 fully saturated rings. The summed E-state index contributed by atoms with van der Waals surface area (Å²) < 4.78 is 0. The standard InChI is InChI=1S/C15H28/c1-10-12(14(2,3)4)8-7-11-9-13(10)15(11,5)6/h10-13H,7-9H2,1-6H3. The summed E-state index contributed by atoms with van der Waals surface area (Å²) in [6, 6.07) is 0. The Kier molecular flexibility index (Phi) is 2.48. The predicted octanol–water partition coefficient (Wildman–Crippen LogP) is 4.74. The van der Waals surface area contributed by atoms with Crippen LogP contribution in [0.2, 0.25) is 0 Å². The molecule has 0 aromatic rings. The molecule has 0 heterocycles. The minimum absolute atomic E-state index is 0.507. The van der Waals surface area contributed by atoms with Crippen LogP contribution in [-0.2, 0) is 0 Å². The molecule has 88 valence electrons.